The number of nitrogens with one attached hydrogen (secondary N) is 4. The fourth-order valence-electron chi connectivity index (χ4n) is 8.32. The van der Waals surface area contributed by atoms with Gasteiger partial charge in [0.25, 0.3) is 0 Å². The van der Waals surface area contributed by atoms with Gasteiger partial charge in [-0.05, 0) is 96.5 Å². The largest absolute Gasteiger partial charge is 0.469 e. The molecule has 3 aromatic carbocycles. The van der Waals surface area contributed by atoms with Crippen LogP contribution in [0.2, 0.25) is 0 Å². The average Bonchev–Trinajstić information content (AvgIpc) is 3.99. The van der Waals surface area contributed by atoms with Crippen molar-refractivity contribution >= 4 is 45.9 Å². The minimum absolute atomic E-state index is 0.0503. The molecule has 3 aliphatic rings. The van der Waals surface area contributed by atoms with E-state index in [2.05, 4.69) is 91.6 Å². The van der Waals surface area contributed by atoms with E-state index in [0.717, 1.165) is 62.8 Å². The smallest absolute Gasteiger partial charge is 0.407 e. The summed E-state index contributed by atoms with van der Waals surface area (Å²) in [5.74, 6) is -0.690. The van der Waals surface area contributed by atoms with E-state index in [1.54, 1.807) is 6.20 Å². The summed E-state index contributed by atoms with van der Waals surface area (Å²) < 4.78 is 20.6. The number of H-pyrrole nitrogens is 1. The zero-order valence-electron chi connectivity index (χ0n) is 34.6. The Morgan fingerprint density at radius 2 is 1.33 bits per heavy atom. The summed E-state index contributed by atoms with van der Waals surface area (Å²) in [6.07, 6.45) is 6.47. The van der Waals surface area contributed by atoms with Crippen LogP contribution in [0.5, 0.6) is 0 Å². The van der Waals surface area contributed by atoms with Gasteiger partial charge in [-0.15, -0.1) is 0 Å². The molecule has 7 rings (SSSR count). The number of esters is 1. The molecule has 14 heteroatoms. The molecule has 14 nitrogen and oxygen atoms in total. The molecule has 4 heterocycles. The Labute approximate surface area is 349 Å². The van der Waals surface area contributed by atoms with E-state index in [9.17, 15) is 19.2 Å². The van der Waals surface area contributed by atoms with Gasteiger partial charge in [0.05, 0.1) is 50.5 Å². The number of fused-ring (bicyclic) bond motifs is 1. The number of aromatic amines is 1. The van der Waals surface area contributed by atoms with Gasteiger partial charge in [0.1, 0.15) is 11.9 Å². The third-order valence-corrected chi connectivity index (χ3v) is 12.0. The maximum absolute atomic E-state index is 13.4. The molecular formula is C46H54N6O8. The molecule has 316 valence electrons. The molecule has 4 atom stereocenters. The number of hydrogen-bond acceptors (Lipinski definition) is 10. The van der Waals surface area contributed by atoms with Crippen LogP contribution in [0.25, 0.3) is 38.7 Å². The minimum atomic E-state index is -0.742. The number of alkyl carbamates (subject to hydrolysis) is 1. The fourth-order valence-corrected chi connectivity index (χ4v) is 8.32. The van der Waals surface area contributed by atoms with E-state index < -0.39 is 24.1 Å². The van der Waals surface area contributed by atoms with Crippen molar-refractivity contribution in [3.05, 3.63) is 84.4 Å². The molecule has 3 amide bonds. The van der Waals surface area contributed by atoms with E-state index in [1.165, 1.54) is 14.2 Å². The number of rotatable bonds is 14. The maximum atomic E-state index is 13.4. The number of ether oxygens (including phenoxy) is 4. The van der Waals surface area contributed by atoms with Gasteiger partial charge < -0.3 is 39.9 Å². The Balaban J connectivity index is 0.949. The second-order valence-corrected chi connectivity index (χ2v) is 15.8. The maximum Gasteiger partial charge on any atom is 0.407 e. The second-order valence-electron chi connectivity index (χ2n) is 15.8. The number of benzene rings is 3. The highest BCUT2D eigenvalue weighted by Gasteiger charge is 2.34. The number of methoxy groups -OCH3 is 2. The molecule has 0 radical (unpaired) electrons. The summed E-state index contributed by atoms with van der Waals surface area (Å²) in [5.41, 5.74) is 6.98. The monoisotopic (exact) mass is 818 g/mol. The Hall–Kier alpha value is -5.86. The summed E-state index contributed by atoms with van der Waals surface area (Å²) in [6.45, 7) is 6.05. The highest BCUT2D eigenvalue weighted by molar-refractivity contribution is 6.03. The third kappa shape index (κ3) is 10.1. The molecule has 3 aliphatic heterocycles. The van der Waals surface area contributed by atoms with Gasteiger partial charge in [0, 0.05) is 50.3 Å². The van der Waals surface area contributed by atoms with Gasteiger partial charge in [-0.1, -0.05) is 48.5 Å². The number of amides is 3. The van der Waals surface area contributed by atoms with Gasteiger partial charge in [-0.2, -0.15) is 0 Å². The highest BCUT2D eigenvalue weighted by atomic mass is 16.5. The van der Waals surface area contributed by atoms with Crippen molar-refractivity contribution in [2.75, 3.05) is 40.6 Å². The first kappa shape index (κ1) is 42.3. The van der Waals surface area contributed by atoms with Crippen molar-refractivity contribution < 1.29 is 38.1 Å². The molecule has 0 unspecified atom stereocenters. The van der Waals surface area contributed by atoms with Crippen LogP contribution in [0.1, 0.15) is 69.8 Å². The summed E-state index contributed by atoms with van der Waals surface area (Å²) >= 11 is 0. The molecule has 0 aliphatic carbocycles. The predicted molar refractivity (Wildman–Crippen MR) is 228 cm³/mol. The topological polar surface area (TPSA) is 182 Å². The van der Waals surface area contributed by atoms with Crippen LogP contribution in [0.4, 0.5) is 4.79 Å². The number of aliphatic imine (C=N–C) groups is 1. The molecule has 2 saturated heterocycles. The standard InChI is InChI=1S/C46H54N6O8/c1-27(49-44(54)38(24-41(53)57-3)31-13-17-59-18-14-31)39-23-37(25-47-39)30-7-5-29(6-8-30)33-9-10-35-22-36(12-11-34(35)21-33)40-26-48-43(51-40)28(2)50-45(55)42(52-46(56)58-4)32-15-19-60-20-16-32/h5-12,21-22,25-28,31-32,38,42H,13-20,23-24H2,1-4H3,(H,48,51)(H,49,54)(H,50,55)(H,52,56)/t27-,28-,38-,42-/m0/s1. The van der Waals surface area contributed by atoms with E-state index in [0.29, 0.717) is 51.5 Å². The van der Waals surface area contributed by atoms with E-state index in [4.69, 9.17) is 18.9 Å². The van der Waals surface area contributed by atoms with Crippen LogP contribution >= 0.6 is 0 Å². The summed E-state index contributed by atoms with van der Waals surface area (Å²) in [5, 5.41) is 11.0. The summed E-state index contributed by atoms with van der Waals surface area (Å²) in [4.78, 5) is 63.6. The number of carbonyl (C=O) groups is 4. The molecule has 0 saturated carbocycles. The first-order valence-corrected chi connectivity index (χ1v) is 20.7. The van der Waals surface area contributed by atoms with E-state index in [-0.39, 0.29) is 42.1 Å². The molecule has 2 fully saturated rings. The van der Waals surface area contributed by atoms with E-state index >= 15 is 0 Å². The van der Waals surface area contributed by atoms with Gasteiger partial charge in [0.15, 0.2) is 0 Å². The molecule has 1 aromatic heterocycles. The second kappa shape index (κ2) is 19.5. The van der Waals surface area contributed by atoms with Crippen LogP contribution in [0.3, 0.4) is 0 Å². The van der Waals surface area contributed by atoms with Gasteiger partial charge in [0.2, 0.25) is 11.8 Å². The number of allylic oxidation sites excluding steroid dienone is 1. The SMILES string of the molecule is COC(=O)C[C@H](C(=O)N[C@@H](C)C1=NC=C(c2ccc(-c3ccc4cc(-c5cnc([C@H](C)NC(=O)[C@@H](NC(=O)OC)C6CCOCC6)[nH]5)ccc4c3)cc2)C1)C1CCOCC1. The van der Waals surface area contributed by atoms with Crippen molar-refractivity contribution in [2.45, 2.75) is 70.5 Å². The molecule has 4 aromatic rings. The van der Waals surface area contributed by atoms with E-state index in [1.807, 2.05) is 20.0 Å². The average molecular weight is 819 g/mol. The number of carbonyl (C=O) groups excluding carboxylic acids is 4. The lowest BCUT2D eigenvalue weighted by atomic mass is 9.83. The molecule has 4 N–H and O–H groups in total. The zero-order chi connectivity index (χ0) is 42.2. The Morgan fingerprint density at radius 1 is 0.733 bits per heavy atom. The van der Waals surface area contributed by atoms with Gasteiger partial charge >= 0.3 is 12.1 Å². The highest BCUT2D eigenvalue weighted by Crippen LogP contribution is 2.32. The number of aromatic nitrogens is 2. The normalized spacial score (nSPS) is 18.1. The fraction of sp³-hybridized carbons (Fsp3) is 0.435. The summed E-state index contributed by atoms with van der Waals surface area (Å²) in [7, 11) is 2.63. The zero-order valence-corrected chi connectivity index (χ0v) is 34.6. The van der Waals surface area contributed by atoms with Crippen molar-refractivity contribution in [3.8, 4) is 22.4 Å². The van der Waals surface area contributed by atoms with Crippen LogP contribution < -0.4 is 16.0 Å². The van der Waals surface area contributed by atoms with Gasteiger partial charge in [-0.3, -0.25) is 19.4 Å². The first-order chi connectivity index (χ1) is 29.1. The number of imidazole rings is 1. The molecule has 60 heavy (non-hydrogen) atoms. The molecule has 0 spiro atoms. The number of nitrogens with zero attached hydrogens (tertiary/aromatic N) is 2. The lowest BCUT2D eigenvalue weighted by Gasteiger charge is -2.30. The lowest BCUT2D eigenvalue weighted by molar-refractivity contribution is -0.146. The van der Waals surface area contributed by atoms with Crippen LogP contribution in [-0.4, -0.2) is 92.3 Å². The Kier molecular flexibility index (Phi) is 13.7. The van der Waals surface area contributed by atoms with Crippen molar-refractivity contribution in [1.82, 2.24) is 25.9 Å². The van der Waals surface area contributed by atoms with Crippen LogP contribution in [-0.2, 0) is 33.3 Å². The Bertz CT molecular complexity index is 2240. The van der Waals surface area contributed by atoms with Crippen LogP contribution in [0.15, 0.2) is 78.1 Å². The van der Waals surface area contributed by atoms with Crippen LogP contribution in [0, 0.1) is 17.8 Å². The summed E-state index contributed by atoms with van der Waals surface area (Å²) in [6, 6.07) is 19.6. The quantitative estimate of drug-likeness (QED) is 0.103. The first-order valence-electron chi connectivity index (χ1n) is 20.7. The molecule has 0 bridgehead atoms. The van der Waals surface area contributed by atoms with Crippen molar-refractivity contribution in [3.63, 3.8) is 0 Å². The third-order valence-electron chi connectivity index (χ3n) is 12.0. The number of hydrogen-bond donors (Lipinski definition) is 4. The van der Waals surface area contributed by atoms with Crippen molar-refractivity contribution in [1.29, 1.82) is 0 Å². The predicted octanol–water partition coefficient (Wildman–Crippen LogP) is 6.52. The van der Waals surface area contributed by atoms with Gasteiger partial charge in [-0.25, -0.2) is 9.78 Å². The lowest BCUT2D eigenvalue weighted by Crippen LogP contribution is -2.52. The minimum Gasteiger partial charge on any atom is -0.469 e. The van der Waals surface area contributed by atoms with Crippen molar-refractivity contribution in [2.24, 2.45) is 22.7 Å². The Morgan fingerprint density at radius 3 is 2.00 bits per heavy atom. The molecular weight excluding hydrogens is 765 g/mol.